The van der Waals surface area contributed by atoms with Crippen LogP contribution in [0.2, 0.25) is 5.02 Å². The number of amides is 3. The van der Waals surface area contributed by atoms with Crippen molar-refractivity contribution < 1.29 is 14.2 Å². The van der Waals surface area contributed by atoms with Crippen LogP contribution in [0.1, 0.15) is 5.56 Å². The molecule has 2 heterocycles. The summed E-state index contributed by atoms with van der Waals surface area (Å²) >= 11 is 9.42. The number of amidine groups is 2. The number of nitrogens with zero attached hydrogens (tertiary/aromatic N) is 4. The van der Waals surface area contributed by atoms with Crippen molar-refractivity contribution in [2.24, 2.45) is 4.99 Å². The molecule has 0 saturated carbocycles. The number of likely N-dealkylation sites (N-methyl/N-ethyl adjacent to an activating group) is 2. The summed E-state index contributed by atoms with van der Waals surface area (Å²) in [5.41, 5.74) is 0.725. The smallest absolute Gasteiger partial charge is 0.269 e. The first-order chi connectivity index (χ1) is 10.4. The van der Waals surface area contributed by atoms with Gasteiger partial charge in [-0.15, -0.1) is 0 Å². The standard InChI is InChI=1S/C14H13BrClN4O2/c1-18-10-11(17-13(18)15)19(2)14(22)20(12(10)21)7-8-5-3-4-6-9(8)16/h3-6,10H,7H2,1-2H3/q+1. The van der Waals surface area contributed by atoms with Gasteiger partial charge in [-0.3, -0.25) is 14.6 Å². The van der Waals surface area contributed by atoms with Crippen LogP contribution in [0.4, 0.5) is 4.79 Å². The van der Waals surface area contributed by atoms with Gasteiger partial charge in [0.2, 0.25) is 0 Å². The Morgan fingerprint density at radius 2 is 2.05 bits per heavy atom. The fourth-order valence-corrected chi connectivity index (χ4v) is 3.09. The van der Waals surface area contributed by atoms with E-state index < -0.39 is 12.1 Å². The van der Waals surface area contributed by atoms with E-state index in [0.717, 1.165) is 5.56 Å². The normalized spacial score (nSPS) is 21.5. The molecular formula is C14H13BrClN4O2+. The number of halogens is 2. The third-order valence-electron chi connectivity index (χ3n) is 3.78. The Balaban J connectivity index is 1.96. The molecular weight excluding hydrogens is 372 g/mol. The number of aliphatic imine (C=N–C) groups is 1. The Morgan fingerprint density at radius 1 is 1.36 bits per heavy atom. The summed E-state index contributed by atoms with van der Waals surface area (Å²) in [7, 11) is 3.36. The lowest BCUT2D eigenvalue weighted by Crippen LogP contribution is -2.62. The molecule has 1 atom stereocenters. The molecule has 0 radical (unpaired) electrons. The molecule has 0 bridgehead atoms. The molecule has 1 aromatic carbocycles. The van der Waals surface area contributed by atoms with Crippen molar-refractivity contribution in [3.05, 3.63) is 34.9 Å². The van der Waals surface area contributed by atoms with Crippen LogP contribution in [0.15, 0.2) is 29.3 Å². The minimum Gasteiger partial charge on any atom is -0.269 e. The van der Waals surface area contributed by atoms with Crippen LogP contribution in [-0.4, -0.2) is 57.0 Å². The maximum Gasteiger partial charge on any atom is 0.364 e. The van der Waals surface area contributed by atoms with Crippen LogP contribution in [-0.2, 0) is 11.3 Å². The van der Waals surface area contributed by atoms with Gasteiger partial charge in [0, 0.05) is 12.1 Å². The first kappa shape index (κ1) is 15.2. The first-order valence-corrected chi connectivity index (χ1v) is 7.75. The summed E-state index contributed by atoms with van der Waals surface area (Å²) in [6.07, 6.45) is 0. The van der Waals surface area contributed by atoms with Gasteiger partial charge in [-0.2, -0.15) is 0 Å². The summed E-state index contributed by atoms with van der Waals surface area (Å²) in [5.74, 6) is 0.124. The zero-order chi connectivity index (χ0) is 16.0. The molecule has 2 aliphatic heterocycles. The van der Waals surface area contributed by atoms with Crippen molar-refractivity contribution >= 4 is 50.0 Å². The molecule has 3 amide bonds. The lowest BCUT2D eigenvalue weighted by atomic mass is 10.1. The van der Waals surface area contributed by atoms with Crippen molar-refractivity contribution in [2.75, 3.05) is 14.1 Å². The lowest BCUT2D eigenvalue weighted by molar-refractivity contribution is -0.502. The van der Waals surface area contributed by atoms with Gasteiger partial charge in [0.1, 0.15) is 0 Å². The summed E-state index contributed by atoms with van der Waals surface area (Å²) < 4.78 is 2.22. The molecule has 0 aliphatic carbocycles. The fourth-order valence-electron chi connectivity index (χ4n) is 2.51. The summed E-state index contributed by atoms with van der Waals surface area (Å²) in [6.45, 7) is 0.136. The number of urea groups is 1. The fraction of sp³-hybridized carbons (Fsp3) is 0.286. The number of hydrogen-bond acceptors (Lipinski definition) is 3. The topological polar surface area (TPSA) is 56.0 Å². The molecule has 0 N–H and O–H groups in total. The van der Waals surface area contributed by atoms with Crippen LogP contribution >= 0.6 is 27.5 Å². The van der Waals surface area contributed by atoms with Crippen LogP contribution in [0, 0.1) is 0 Å². The molecule has 3 rings (SSSR count). The van der Waals surface area contributed by atoms with E-state index in [4.69, 9.17) is 11.6 Å². The van der Waals surface area contributed by atoms with E-state index in [1.54, 1.807) is 36.9 Å². The summed E-state index contributed by atoms with van der Waals surface area (Å²) in [5, 5.41) is 0.526. The van der Waals surface area contributed by atoms with Crippen molar-refractivity contribution in [1.82, 2.24) is 9.80 Å². The molecule has 1 saturated heterocycles. The number of imide groups is 1. The Bertz CT molecular complexity index is 746. The van der Waals surface area contributed by atoms with Gasteiger partial charge in [-0.05, 0) is 16.6 Å². The number of carbonyl (C=O) groups is 2. The Hall–Kier alpha value is -1.73. The molecule has 6 nitrogen and oxygen atoms in total. The molecule has 8 heteroatoms. The quantitative estimate of drug-likeness (QED) is 0.578. The largest absolute Gasteiger partial charge is 0.364 e. The predicted molar refractivity (Wildman–Crippen MR) is 86.5 cm³/mol. The SMILES string of the molecule is CN1C(=O)N(Cc2ccccc2Cl)C(=O)C2C1=NC(Br)=[N+]2C. The lowest BCUT2D eigenvalue weighted by Gasteiger charge is -2.32. The van der Waals surface area contributed by atoms with Gasteiger partial charge >= 0.3 is 10.8 Å². The number of fused-ring (bicyclic) bond motifs is 1. The highest BCUT2D eigenvalue weighted by Crippen LogP contribution is 2.24. The Morgan fingerprint density at radius 3 is 2.73 bits per heavy atom. The van der Waals surface area contributed by atoms with E-state index in [0.29, 0.717) is 15.6 Å². The van der Waals surface area contributed by atoms with Gasteiger partial charge in [0.05, 0.1) is 29.5 Å². The molecule has 1 unspecified atom stereocenters. The van der Waals surface area contributed by atoms with E-state index in [9.17, 15) is 9.59 Å². The van der Waals surface area contributed by atoms with E-state index in [1.165, 1.54) is 9.80 Å². The number of carbonyl (C=O) groups excluding carboxylic acids is 2. The maximum absolute atomic E-state index is 12.7. The maximum atomic E-state index is 12.7. The second kappa shape index (κ2) is 5.48. The zero-order valence-corrected chi connectivity index (χ0v) is 14.3. The Kier molecular flexibility index (Phi) is 3.78. The number of rotatable bonds is 2. The monoisotopic (exact) mass is 383 g/mol. The predicted octanol–water partition coefficient (Wildman–Crippen LogP) is 1.91. The second-order valence-electron chi connectivity index (χ2n) is 5.11. The second-order valence-corrected chi connectivity index (χ2v) is 6.23. The molecule has 114 valence electrons. The molecule has 1 aromatic rings. The average Bonchev–Trinajstić information content (AvgIpc) is 2.79. The highest BCUT2D eigenvalue weighted by molar-refractivity contribution is 9.18. The van der Waals surface area contributed by atoms with Crippen LogP contribution in [0.5, 0.6) is 0 Å². The first-order valence-electron chi connectivity index (χ1n) is 6.58. The van der Waals surface area contributed by atoms with Crippen LogP contribution < -0.4 is 0 Å². The van der Waals surface area contributed by atoms with Crippen molar-refractivity contribution in [1.29, 1.82) is 0 Å². The molecule has 0 aromatic heterocycles. The molecule has 22 heavy (non-hydrogen) atoms. The summed E-state index contributed by atoms with van der Waals surface area (Å²) in [6, 6.07) is 6.16. The van der Waals surface area contributed by atoms with E-state index >= 15 is 0 Å². The van der Waals surface area contributed by atoms with Crippen LogP contribution in [0.25, 0.3) is 0 Å². The molecule has 2 aliphatic rings. The van der Waals surface area contributed by atoms with Gasteiger partial charge in [-0.1, -0.05) is 29.8 Å². The van der Waals surface area contributed by atoms with Crippen LogP contribution in [0.3, 0.4) is 0 Å². The van der Waals surface area contributed by atoms with E-state index in [1.807, 2.05) is 6.07 Å². The van der Waals surface area contributed by atoms with Gasteiger partial charge in [0.15, 0.2) is 0 Å². The minimum atomic E-state index is -0.598. The molecule has 1 fully saturated rings. The third kappa shape index (κ3) is 2.24. The highest BCUT2D eigenvalue weighted by Gasteiger charge is 2.52. The van der Waals surface area contributed by atoms with E-state index in [-0.39, 0.29) is 12.5 Å². The van der Waals surface area contributed by atoms with Gasteiger partial charge in [0.25, 0.3) is 17.8 Å². The zero-order valence-electron chi connectivity index (χ0n) is 12.0. The van der Waals surface area contributed by atoms with Crippen molar-refractivity contribution in [2.45, 2.75) is 12.6 Å². The highest BCUT2D eigenvalue weighted by atomic mass is 79.9. The average molecular weight is 385 g/mol. The Labute approximate surface area is 140 Å². The molecule has 0 spiro atoms. The van der Waals surface area contributed by atoms with Gasteiger partial charge < -0.3 is 0 Å². The third-order valence-corrected chi connectivity index (χ3v) is 4.88. The number of benzene rings is 1. The minimum absolute atomic E-state index is 0.136. The van der Waals surface area contributed by atoms with Crippen molar-refractivity contribution in [3.8, 4) is 0 Å². The van der Waals surface area contributed by atoms with Gasteiger partial charge in [-0.25, -0.2) is 9.37 Å². The van der Waals surface area contributed by atoms with Crippen molar-refractivity contribution in [3.63, 3.8) is 0 Å². The van der Waals surface area contributed by atoms with E-state index in [2.05, 4.69) is 20.9 Å². The summed E-state index contributed by atoms with van der Waals surface area (Å²) in [4.78, 5) is 32.0. The number of hydrogen-bond donors (Lipinski definition) is 0.